The zero-order valence-electron chi connectivity index (χ0n) is 21.6. The van der Waals surface area contributed by atoms with Crippen LogP contribution in [0.15, 0.2) is 46.9 Å². The third kappa shape index (κ3) is 6.30. The summed E-state index contributed by atoms with van der Waals surface area (Å²) in [4.78, 5) is 6.91. The molecule has 2 atom stereocenters. The first kappa shape index (κ1) is 25.7. The predicted octanol–water partition coefficient (Wildman–Crippen LogP) is 4.73. The van der Waals surface area contributed by atoms with E-state index < -0.39 is 10.0 Å². The number of nitrogens with one attached hydrogen (secondary N) is 2. The summed E-state index contributed by atoms with van der Waals surface area (Å²) in [7, 11) is -3.49. The van der Waals surface area contributed by atoms with Gasteiger partial charge in [0.05, 0.1) is 11.8 Å². The topological polar surface area (TPSA) is 113 Å². The lowest BCUT2D eigenvalue weighted by molar-refractivity contribution is 0.303. The van der Waals surface area contributed by atoms with Gasteiger partial charge in [0.25, 0.3) is 0 Å². The first-order valence-corrected chi connectivity index (χ1v) is 15.0. The van der Waals surface area contributed by atoms with E-state index >= 15 is 0 Å². The van der Waals surface area contributed by atoms with Crippen LogP contribution >= 0.6 is 0 Å². The Hall–Kier alpha value is -2.98. The van der Waals surface area contributed by atoms with Gasteiger partial charge in [0.15, 0.2) is 0 Å². The van der Waals surface area contributed by atoms with Gasteiger partial charge in [-0.15, -0.1) is 10.2 Å². The number of rotatable bonds is 11. The highest BCUT2D eigenvalue weighted by atomic mass is 32.2. The van der Waals surface area contributed by atoms with E-state index in [-0.39, 0.29) is 23.5 Å². The van der Waals surface area contributed by atoms with E-state index in [1.54, 1.807) is 13.0 Å². The van der Waals surface area contributed by atoms with Gasteiger partial charge in [-0.1, -0.05) is 37.3 Å². The predicted molar refractivity (Wildman–Crippen MR) is 145 cm³/mol. The van der Waals surface area contributed by atoms with Crippen LogP contribution in [0.5, 0.6) is 0 Å². The summed E-state index contributed by atoms with van der Waals surface area (Å²) in [5, 5.41) is 12.4. The van der Waals surface area contributed by atoms with Crippen molar-refractivity contribution in [3.8, 4) is 11.5 Å². The molecule has 2 unspecified atom stereocenters. The molecule has 1 aromatic carbocycles. The number of piperidine rings is 1. The summed E-state index contributed by atoms with van der Waals surface area (Å²) in [5.41, 5.74) is 1.90. The van der Waals surface area contributed by atoms with Crippen LogP contribution in [0.3, 0.4) is 0 Å². The Labute approximate surface area is 219 Å². The number of aromatic nitrogens is 3. The Morgan fingerprint density at radius 1 is 1.11 bits per heavy atom. The van der Waals surface area contributed by atoms with Crippen LogP contribution in [0.1, 0.15) is 69.4 Å². The maximum Gasteiger partial charge on any atom is 0.248 e. The Morgan fingerprint density at radius 3 is 2.65 bits per heavy atom. The molecule has 1 aliphatic carbocycles. The Kier molecular flexibility index (Phi) is 7.76. The minimum atomic E-state index is -3.49. The quantitative estimate of drug-likeness (QED) is 0.370. The van der Waals surface area contributed by atoms with Gasteiger partial charge in [-0.05, 0) is 69.2 Å². The average molecular weight is 525 g/mol. The number of sulfonamides is 1. The van der Waals surface area contributed by atoms with Gasteiger partial charge in [-0.25, -0.2) is 13.4 Å². The van der Waals surface area contributed by atoms with Gasteiger partial charge in [0.2, 0.25) is 21.8 Å². The van der Waals surface area contributed by atoms with Crippen LogP contribution in [0, 0.1) is 5.92 Å². The second-order valence-electron chi connectivity index (χ2n) is 10.0. The van der Waals surface area contributed by atoms with Crippen LogP contribution < -0.4 is 14.9 Å². The maximum atomic E-state index is 12.4. The molecule has 198 valence electrons. The minimum Gasteiger partial charge on any atom is -0.419 e. The molecule has 1 aliphatic heterocycles. The van der Waals surface area contributed by atoms with Crippen molar-refractivity contribution in [2.45, 2.75) is 57.9 Å². The van der Waals surface area contributed by atoms with E-state index in [1.165, 1.54) is 18.4 Å². The number of benzene rings is 1. The van der Waals surface area contributed by atoms with Crippen LogP contribution in [0.2, 0.25) is 0 Å². The standard InChI is InChI=1S/C27H36N6O3S/c1-3-15-33(18-19-12-13-19)24-17-21(16-23(29-24)32-37(34,35)4-2)26-30-31-27(36-26)25-22(11-8-14-28-25)20-9-6-5-7-10-20/h5-7,9-10,16-17,19,22,25,28H,3-4,8,11-15,18H2,1-2H3,(H,29,32). The first-order valence-electron chi connectivity index (χ1n) is 13.4. The van der Waals surface area contributed by atoms with Crippen molar-refractivity contribution in [2.24, 2.45) is 5.92 Å². The molecule has 2 aliphatic rings. The number of anilines is 2. The minimum absolute atomic E-state index is 0.0338. The van der Waals surface area contributed by atoms with Gasteiger partial charge >= 0.3 is 0 Å². The number of nitrogens with zero attached hydrogens (tertiary/aromatic N) is 4. The Bertz CT molecular complexity index is 1290. The van der Waals surface area contributed by atoms with E-state index in [0.717, 1.165) is 44.7 Å². The molecule has 2 fully saturated rings. The van der Waals surface area contributed by atoms with Gasteiger partial charge in [0.1, 0.15) is 11.6 Å². The fourth-order valence-electron chi connectivity index (χ4n) is 4.95. The number of hydrogen-bond donors (Lipinski definition) is 2. The lowest BCUT2D eigenvalue weighted by Crippen LogP contribution is -2.33. The highest BCUT2D eigenvalue weighted by Gasteiger charge is 2.32. The normalized spacial score (nSPS) is 20.1. The van der Waals surface area contributed by atoms with Crippen molar-refractivity contribution >= 4 is 21.7 Å². The zero-order chi connectivity index (χ0) is 25.8. The summed E-state index contributed by atoms with van der Waals surface area (Å²) in [6.07, 6.45) is 5.53. The molecule has 0 bridgehead atoms. The summed E-state index contributed by atoms with van der Waals surface area (Å²) in [6.45, 7) is 6.38. The fourth-order valence-corrected chi connectivity index (χ4v) is 5.52. The van der Waals surface area contributed by atoms with Crippen LogP contribution in [-0.2, 0) is 10.0 Å². The van der Waals surface area contributed by atoms with Crippen molar-refractivity contribution in [2.75, 3.05) is 35.0 Å². The summed E-state index contributed by atoms with van der Waals surface area (Å²) >= 11 is 0. The van der Waals surface area contributed by atoms with Gasteiger partial charge in [-0.2, -0.15) is 0 Å². The molecule has 3 heterocycles. The van der Waals surface area contributed by atoms with Crippen molar-refractivity contribution in [3.05, 3.63) is 53.9 Å². The van der Waals surface area contributed by atoms with E-state index in [2.05, 4.69) is 61.3 Å². The summed E-state index contributed by atoms with van der Waals surface area (Å²) in [5.74, 6) is 2.76. The lowest BCUT2D eigenvalue weighted by atomic mass is 9.85. The monoisotopic (exact) mass is 524 g/mol. The third-order valence-corrected chi connectivity index (χ3v) is 8.37. The molecule has 1 saturated heterocycles. The van der Waals surface area contributed by atoms with Crippen LogP contribution in [0.25, 0.3) is 11.5 Å². The van der Waals surface area contributed by atoms with Gasteiger partial charge in [-0.3, -0.25) is 4.72 Å². The van der Waals surface area contributed by atoms with E-state index in [0.29, 0.717) is 23.3 Å². The first-order chi connectivity index (χ1) is 18.0. The molecule has 5 rings (SSSR count). The smallest absolute Gasteiger partial charge is 0.248 e. The second kappa shape index (κ2) is 11.2. The Morgan fingerprint density at radius 2 is 1.92 bits per heavy atom. The van der Waals surface area contributed by atoms with Gasteiger partial charge in [0, 0.05) is 24.6 Å². The van der Waals surface area contributed by atoms with Crippen LogP contribution in [-0.4, -0.2) is 49.0 Å². The molecule has 10 heteroatoms. The highest BCUT2D eigenvalue weighted by Crippen LogP contribution is 2.38. The van der Waals surface area contributed by atoms with Crippen molar-refractivity contribution in [3.63, 3.8) is 0 Å². The largest absolute Gasteiger partial charge is 0.419 e. The molecule has 2 N–H and O–H groups in total. The lowest BCUT2D eigenvalue weighted by Gasteiger charge is -2.30. The molecule has 0 radical (unpaired) electrons. The zero-order valence-corrected chi connectivity index (χ0v) is 22.4. The number of hydrogen-bond acceptors (Lipinski definition) is 8. The van der Waals surface area contributed by atoms with Crippen molar-refractivity contribution < 1.29 is 12.8 Å². The molecule has 9 nitrogen and oxygen atoms in total. The van der Waals surface area contributed by atoms with Crippen LogP contribution in [0.4, 0.5) is 11.6 Å². The second-order valence-corrected chi connectivity index (χ2v) is 12.0. The van der Waals surface area contributed by atoms with Gasteiger partial charge < -0.3 is 14.6 Å². The third-order valence-electron chi connectivity index (χ3n) is 7.08. The molecule has 37 heavy (non-hydrogen) atoms. The maximum absolute atomic E-state index is 12.4. The number of pyridine rings is 1. The molecule has 0 amide bonds. The molecule has 0 spiro atoms. The summed E-state index contributed by atoms with van der Waals surface area (Å²) in [6, 6.07) is 14.0. The van der Waals surface area contributed by atoms with E-state index in [1.807, 2.05) is 12.1 Å². The average Bonchev–Trinajstić information content (AvgIpc) is 3.60. The fraction of sp³-hybridized carbons (Fsp3) is 0.519. The molecular formula is C27H36N6O3S. The Balaban J connectivity index is 1.48. The van der Waals surface area contributed by atoms with E-state index in [9.17, 15) is 8.42 Å². The summed E-state index contributed by atoms with van der Waals surface area (Å²) < 4.78 is 33.6. The molecule has 2 aromatic heterocycles. The van der Waals surface area contributed by atoms with E-state index in [4.69, 9.17) is 4.42 Å². The van der Waals surface area contributed by atoms with Crippen molar-refractivity contribution in [1.29, 1.82) is 0 Å². The molecular weight excluding hydrogens is 488 g/mol. The molecule has 1 saturated carbocycles. The molecule has 3 aromatic rings. The SMILES string of the molecule is CCCN(CC1CC1)c1cc(-c2nnc(C3NCCCC3c3ccccc3)o2)cc(NS(=O)(=O)CC)n1. The van der Waals surface area contributed by atoms with Crippen molar-refractivity contribution in [1.82, 2.24) is 20.5 Å². The highest BCUT2D eigenvalue weighted by molar-refractivity contribution is 7.92.